The molecule has 1 N–H and O–H groups in total. The van der Waals surface area contributed by atoms with Crippen LogP contribution in [0.4, 0.5) is 0 Å². The Labute approximate surface area is 110 Å². The predicted molar refractivity (Wildman–Crippen MR) is 68.9 cm³/mol. The smallest absolute Gasteiger partial charge is 0.341 e. The van der Waals surface area contributed by atoms with Crippen LogP contribution >= 0.6 is 0 Å². The fourth-order valence-electron chi connectivity index (χ4n) is 1.56. The Morgan fingerprint density at radius 2 is 1.95 bits per heavy atom. The molecule has 0 aliphatic rings. The number of hydrogen-bond donors (Lipinski definition) is 1. The third-order valence-corrected chi connectivity index (χ3v) is 2.38. The molecule has 0 unspecified atom stereocenters. The van der Waals surface area contributed by atoms with Gasteiger partial charge in [-0.3, -0.25) is 4.98 Å². The number of ether oxygens (including phenoxy) is 2. The van der Waals surface area contributed by atoms with E-state index in [4.69, 9.17) is 14.6 Å². The van der Waals surface area contributed by atoms with Gasteiger partial charge < -0.3 is 14.6 Å². The van der Waals surface area contributed by atoms with Gasteiger partial charge in [-0.2, -0.15) is 0 Å². The number of carboxylic acids is 1. The van der Waals surface area contributed by atoms with E-state index in [1.807, 2.05) is 13.0 Å². The Kier molecular flexibility index (Phi) is 3.97. The van der Waals surface area contributed by atoms with Crippen LogP contribution in [0.25, 0.3) is 0 Å². The van der Waals surface area contributed by atoms with Crippen molar-refractivity contribution < 1.29 is 19.4 Å². The van der Waals surface area contributed by atoms with Crippen LogP contribution in [0, 0.1) is 0 Å². The van der Waals surface area contributed by atoms with Crippen molar-refractivity contribution in [1.29, 1.82) is 0 Å². The van der Waals surface area contributed by atoms with Gasteiger partial charge in [-0.25, -0.2) is 4.79 Å². The van der Waals surface area contributed by atoms with E-state index in [1.54, 1.807) is 18.2 Å². The third-order valence-electron chi connectivity index (χ3n) is 2.38. The summed E-state index contributed by atoms with van der Waals surface area (Å²) in [6.45, 7) is 2.37. The van der Waals surface area contributed by atoms with Crippen molar-refractivity contribution in [3.8, 4) is 17.2 Å². The van der Waals surface area contributed by atoms with Crippen molar-refractivity contribution >= 4 is 5.97 Å². The number of carboxylic acid groups (broad SMARTS) is 1. The molecule has 0 bridgehead atoms. The first-order chi connectivity index (χ1) is 9.22. The summed E-state index contributed by atoms with van der Waals surface area (Å²) in [5.41, 5.74) is 0.00815. The molecule has 2 rings (SSSR count). The SMILES string of the molecule is CCOc1ccccc1Oc1ccncc1C(=O)O. The maximum atomic E-state index is 11.1. The van der Waals surface area contributed by atoms with E-state index < -0.39 is 5.97 Å². The highest BCUT2D eigenvalue weighted by atomic mass is 16.5. The van der Waals surface area contributed by atoms with Crippen LogP contribution in [-0.4, -0.2) is 22.7 Å². The van der Waals surface area contributed by atoms with Crippen LogP contribution in [0.15, 0.2) is 42.7 Å². The van der Waals surface area contributed by atoms with Crippen molar-refractivity contribution in [2.45, 2.75) is 6.92 Å². The van der Waals surface area contributed by atoms with Gasteiger partial charge >= 0.3 is 5.97 Å². The molecule has 0 aliphatic carbocycles. The van der Waals surface area contributed by atoms with Crippen molar-refractivity contribution in [2.24, 2.45) is 0 Å². The first kappa shape index (κ1) is 12.9. The lowest BCUT2D eigenvalue weighted by Gasteiger charge is -2.12. The van der Waals surface area contributed by atoms with Crippen LogP contribution in [-0.2, 0) is 0 Å². The van der Waals surface area contributed by atoms with Gasteiger partial charge in [-0.15, -0.1) is 0 Å². The molecule has 19 heavy (non-hydrogen) atoms. The molecule has 0 aliphatic heterocycles. The number of para-hydroxylation sites is 2. The second-order valence-corrected chi connectivity index (χ2v) is 3.66. The molecule has 5 nitrogen and oxygen atoms in total. The fraction of sp³-hybridized carbons (Fsp3) is 0.143. The first-order valence-electron chi connectivity index (χ1n) is 5.79. The summed E-state index contributed by atoms with van der Waals surface area (Å²) in [4.78, 5) is 14.8. The zero-order valence-corrected chi connectivity index (χ0v) is 10.4. The molecule has 0 spiro atoms. The number of rotatable bonds is 5. The number of hydrogen-bond acceptors (Lipinski definition) is 4. The second kappa shape index (κ2) is 5.86. The van der Waals surface area contributed by atoms with Gasteiger partial charge in [0.15, 0.2) is 11.5 Å². The minimum atomic E-state index is -1.09. The minimum absolute atomic E-state index is 0.00815. The lowest BCUT2D eigenvalue weighted by atomic mass is 10.2. The van der Waals surface area contributed by atoms with E-state index in [0.29, 0.717) is 18.1 Å². The van der Waals surface area contributed by atoms with Gasteiger partial charge in [0.05, 0.1) is 6.61 Å². The molecule has 1 heterocycles. The summed E-state index contributed by atoms with van der Waals surface area (Å²) in [7, 11) is 0. The first-order valence-corrected chi connectivity index (χ1v) is 5.79. The minimum Gasteiger partial charge on any atom is -0.490 e. The van der Waals surface area contributed by atoms with Crippen LogP contribution in [0.2, 0.25) is 0 Å². The number of aromatic nitrogens is 1. The van der Waals surface area contributed by atoms with Crippen molar-refractivity contribution in [2.75, 3.05) is 6.61 Å². The summed E-state index contributed by atoms with van der Waals surface area (Å²) >= 11 is 0. The highest BCUT2D eigenvalue weighted by molar-refractivity contribution is 5.90. The molecule has 0 saturated heterocycles. The molecule has 0 atom stereocenters. The normalized spacial score (nSPS) is 9.95. The summed E-state index contributed by atoms with van der Waals surface area (Å²) in [5.74, 6) is 0.183. The maximum Gasteiger partial charge on any atom is 0.341 e. The van der Waals surface area contributed by atoms with Gasteiger partial charge in [0.25, 0.3) is 0 Å². The highest BCUT2D eigenvalue weighted by Crippen LogP contribution is 2.32. The lowest BCUT2D eigenvalue weighted by molar-refractivity contribution is 0.0693. The Morgan fingerprint density at radius 3 is 2.63 bits per heavy atom. The Balaban J connectivity index is 2.34. The van der Waals surface area contributed by atoms with Crippen LogP contribution in [0.5, 0.6) is 17.2 Å². The van der Waals surface area contributed by atoms with Crippen molar-refractivity contribution in [1.82, 2.24) is 4.98 Å². The quantitative estimate of drug-likeness (QED) is 0.893. The second-order valence-electron chi connectivity index (χ2n) is 3.66. The van der Waals surface area contributed by atoms with E-state index in [0.717, 1.165) is 0 Å². The molecule has 0 radical (unpaired) electrons. The molecule has 0 fully saturated rings. The molecular weight excluding hydrogens is 246 g/mol. The molecule has 98 valence electrons. The molecule has 1 aromatic carbocycles. The average molecular weight is 259 g/mol. The Bertz CT molecular complexity index is 583. The molecule has 0 saturated carbocycles. The summed E-state index contributed by atoms with van der Waals surface area (Å²) in [6, 6.07) is 8.60. The Hall–Kier alpha value is -2.56. The molecule has 5 heteroatoms. The van der Waals surface area contributed by atoms with Crippen LogP contribution < -0.4 is 9.47 Å². The third kappa shape index (κ3) is 3.01. The molecule has 1 aromatic heterocycles. The van der Waals surface area contributed by atoms with Gasteiger partial charge in [0.2, 0.25) is 0 Å². The van der Waals surface area contributed by atoms with Gasteiger partial charge in [0.1, 0.15) is 11.3 Å². The van der Waals surface area contributed by atoms with Crippen molar-refractivity contribution in [3.63, 3.8) is 0 Å². The van der Waals surface area contributed by atoms with Gasteiger partial charge in [0, 0.05) is 18.5 Å². The lowest BCUT2D eigenvalue weighted by Crippen LogP contribution is -2.01. The van der Waals surface area contributed by atoms with E-state index in [2.05, 4.69) is 4.98 Å². The number of benzene rings is 1. The van der Waals surface area contributed by atoms with E-state index in [-0.39, 0.29) is 11.3 Å². The zero-order valence-electron chi connectivity index (χ0n) is 10.4. The number of nitrogens with zero attached hydrogens (tertiary/aromatic N) is 1. The molecule has 0 amide bonds. The topological polar surface area (TPSA) is 68.7 Å². The van der Waals surface area contributed by atoms with E-state index >= 15 is 0 Å². The predicted octanol–water partition coefficient (Wildman–Crippen LogP) is 2.97. The Morgan fingerprint density at radius 1 is 1.21 bits per heavy atom. The van der Waals surface area contributed by atoms with Gasteiger partial charge in [-0.05, 0) is 19.1 Å². The molecule has 2 aromatic rings. The fourth-order valence-corrected chi connectivity index (χ4v) is 1.56. The summed E-state index contributed by atoms with van der Waals surface area (Å²) < 4.78 is 11.0. The number of pyridine rings is 1. The maximum absolute atomic E-state index is 11.1. The highest BCUT2D eigenvalue weighted by Gasteiger charge is 2.13. The number of carbonyl (C=O) groups is 1. The van der Waals surface area contributed by atoms with Crippen LogP contribution in [0.1, 0.15) is 17.3 Å². The van der Waals surface area contributed by atoms with E-state index in [9.17, 15) is 4.79 Å². The monoisotopic (exact) mass is 259 g/mol. The average Bonchev–Trinajstić information content (AvgIpc) is 2.42. The van der Waals surface area contributed by atoms with Crippen LogP contribution in [0.3, 0.4) is 0 Å². The largest absolute Gasteiger partial charge is 0.490 e. The summed E-state index contributed by atoms with van der Waals surface area (Å²) in [5, 5.41) is 9.07. The van der Waals surface area contributed by atoms with E-state index in [1.165, 1.54) is 18.5 Å². The number of aromatic carboxylic acids is 1. The zero-order chi connectivity index (χ0) is 13.7. The molecular formula is C14H13NO4. The standard InChI is InChI=1S/C14H13NO4/c1-2-18-12-5-3-4-6-13(12)19-11-7-8-15-9-10(11)14(16)17/h3-9H,2H2,1H3,(H,16,17). The summed E-state index contributed by atoms with van der Waals surface area (Å²) in [6.07, 6.45) is 2.73. The van der Waals surface area contributed by atoms with Gasteiger partial charge in [-0.1, -0.05) is 12.1 Å². The van der Waals surface area contributed by atoms with Crippen molar-refractivity contribution in [3.05, 3.63) is 48.3 Å².